The number of rotatable bonds is 16. The predicted molar refractivity (Wildman–Crippen MR) is 249 cm³/mol. The van der Waals surface area contributed by atoms with Crippen LogP contribution in [0.3, 0.4) is 0 Å². The Kier molecular flexibility index (Phi) is 14.0. The molecule has 3 aliphatic heterocycles. The summed E-state index contributed by atoms with van der Waals surface area (Å²) in [5.41, 5.74) is 1.60. The third kappa shape index (κ3) is 10.9. The first-order valence-corrected chi connectivity index (χ1v) is 24.6. The molecule has 3 saturated carbocycles. The van der Waals surface area contributed by atoms with Crippen LogP contribution < -0.4 is 25.4 Å². The molecule has 2 aromatic rings. The number of aliphatic carboxylic acids is 1. The van der Waals surface area contributed by atoms with Gasteiger partial charge in [0, 0.05) is 49.6 Å². The van der Waals surface area contributed by atoms with Gasteiger partial charge in [-0.2, -0.15) is 0 Å². The summed E-state index contributed by atoms with van der Waals surface area (Å²) in [6, 6.07) is 5.91. The number of alkyl carbamates (subject to hydrolysis) is 1. The summed E-state index contributed by atoms with van der Waals surface area (Å²) in [5.74, 6) is 0.119. The van der Waals surface area contributed by atoms with E-state index in [2.05, 4.69) is 47.0 Å². The van der Waals surface area contributed by atoms with Crippen molar-refractivity contribution in [3.05, 3.63) is 46.0 Å². The van der Waals surface area contributed by atoms with E-state index in [1.165, 1.54) is 16.9 Å². The highest BCUT2D eigenvalue weighted by Crippen LogP contribution is 2.52. The van der Waals surface area contributed by atoms with Gasteiger partial charge in [-0.25, -0.2) is 14.6 Å². The van der Waals surface area contributed by atoms with Gasteiger partial charge in [0.25, 0.3) is 0 Å². The summed E-state index contributed by atoms with van der Waals surface area (Å²) in [6.07, 6.45) is 3.96. The van der Waals surface area contributed by atoms with Crippen molar-refractivity contribution in [1.29, 1.82) is 0 Å². The first-order chi connectivity index (χ1) is 31.0. The maximum absolute atomic E-state index is 14.9. The molecule has 2 saturated heterocycles. The molecule has 3 aliphatic carbocycles. The molecule has 0 spiro atoms. The van der Waals surface area contributed by atoms with E-state index >= 15 is 0 Å². The van der Waals surface area contributed by atoms with E-state index in [-0.39, 0.29) is 31.0 Å². The number of hydrogen-bond donors (Lipinski definition) is 4. The minimum Gasteiger partial charge on any atom is -0.492 e. The molecule has 1 aromatic carbocycles. The largest absolute Gasteiger partial charge is 0.492 e. The summed E-state index contributed by atoms with van der Waals surface area (Å²) in [4.78, 5) is 64.2. The second kappa shape index (κ2) is 19.4. The highest BCUT2D eigenvalue weighted by atomic mass is 32.2. The van der Waals surface area contributed by atoms with Crippen LogP contribution >= 0.6 is 11.8 Å². The second-order valence-electron chi connectivity index (χ2n) is 20.4. The number of hydrogen-bond acceptors (Lipinski definition) is 12. The fourth-order valence-corrected chi connectivity index (χ4v) is 11.1. The molecule has 8 rings (SSSR count). The summed E-state index contributed by atoms with van der Waals surface area (Å²) in [6.45, 7) is 18.4. The molecule has 1 aromatic heterocycles. The summed E-state index contributed by atoms with van der Waals surface area (Å²) in [5, 5.41) is 23.6. The number of carboxylic acids is 1. The molecule has 15 nitrogen and oxygen atoms in total. The van der Waals surface area contributed by atoms with Crippen molar-refractivity contribution in [1.82, 2.24) is 30.7 Å². The van der Waals surface area contributed by atoms with Gasteiger partial charge in [0.15, 0.2) is 0 Å². The highest BCUT2D eigenvalue weighted by Gasteiger charge is 2.61. The Hall–Kier alpha value is -4.54. The van der Waals surface area contributed by atoms with Crippen molar-refractivity contribution < 1.29 is 43.2 Å². The van der Waals surface area contributed by atoms with E-state index in [0.717, 1.165) is 67.0 Å². The molecule has 8 atom stereocenters. The van der Waals surface area contributed by atoms with Crippen molar-refractivity contribution in [3.63, 3.8) is 0 Å². The van der Waals surface area contributed by atoms with Crippen molar-refractivity contribution in [2.45, 2.75) is 136 Å². The van der Waals surface area contributed by atoms with Crippen molar-refractivity contribution in [2.75, 3.05) is 46.0 Å². The van der Waals surface area contributed by atoms with Crippen LogP contribution in [0.1, 0.15) is 106 Å². The number of nitrogens with zero attached hydrogens (tertiary/aromatic N) is 3. The lowest BCUT2D eigenvalue weighted by molar-refractivity contribution is -0.146. The number of thioether (sulfide) groups is 1. The van der Waals surface area contributed by atoms with Crippen LogP contribution in [0.2, 0.25) is 0 Å². The average Bonchev–Trinajstić information content (AvgIpc) is 4.10. The number of fused-ring (bicyclic) bond motifs is 2. The van der Waals surface area contributed by atoms with E-state index in [0.29, 0.717) is 61.5 Å². The summed E-state index contributed by atoms with van der Waals surface area (Å²) < 4.78 is 24.5. The lowest BCUT2D eigenvalue weighted by Gasteiger charge is -2.35. The van der Waals surface area contributed by atoms with Crippen molar-refractivity contribution in [3.8, 4) is 11.5 Å². The van der Waals surface area contributed by atoms with Crippen LogP contribution in [0.25, 0.3) is 16.5 Å². The number of amides is 3. The van der Waals surface area contributed by atoms with E-state index in [4.69, 9.17) is 23.9 Å². The zero-order chi connectivity index (χ0) is 46.2. The zero-order valence-electron chi connectivity index (χ0n) is 39.1. The number of carboxylic acid groups (broad SMARTS) is 1. The SMILES string of the molecule is CC[C@@H]1C[C@]1(NC(=O)[C@@H]1C[C@@H](Oc2cc(C3=CSC(NC(C)C)=C(C)CC3)nc3cc(OCCN4CCOCC4)ccc23)CN1C(=O)[C@@H](NC(=O)OC1CC2C[C@H]2C1)C(C)(C)C)C(=O)O. The van der Waals surface area contributed by atoms with E-state index in [1.807, 2.05) is 52.0 Å². The van der Waals surface area contributed by atoms with Gasteiger partial charge < -0.3 is 44.9 Å². The smallest absolute Gasteiger partial charge is 0.408 e. The van der Waals surface area contributed by atoms with Gasteiger partial charge in [0.05, 0.1) is 36.0 Å². The molecule has 0 radical (unpaired) electrons. The van der Waals surface area contributed by atoms with E-state index in [9.17, 15) is 24.3 Å². The third-order valence-corrected chi connectivity index (χ3v) is 15.2. The van der Waals surface area contributed by atoms with Gasteiger partial charge in [-0.15, -0.1) is 0 Å². The first kappa shape index (κ1) is 47.0. The predicted octanol–water partition coefficient (Wildman–Crippen LogP) is 6.70. The number of allylic oxidation sites excluding steroid dienone is 2. The summed E-state index contributed by atoms with van der Waals surface area (Å²) in [7, 11) is 0. The minimum absolute atomic E-state index is 0.0251. The lowest BCUT2D eigenvalue weighted by atomic mass is 9.85. The van der Waals surface area contributed by atoms with Crippen LogP contribution in [0.15, 0.2) is 40.3 Å². The Balaban J connectivity index is 1.08. The Morgan fingerprint density at radius 1 is 1.03 bits per heavy atom. The number of ether oxygens (including phenoxy) is 4. The number of benzene rings is 1. The number of nitrogens with one attached hydrogen (secondary N) is 3. The van der Waals surface area contributed by atoms with Crippen LogP contribution in [0.5, 0.6) is 11.5 Å². The van der Waals surface area contributed by atoms with Gasteiger partial charge in [0.2, 0.25) is 11.8 Å². The standard InChI is InChI=1S/C49H68N6O9S/c1-8-33-25-49(33,46(58)59)53-43(56)40-23-36(26-55(40)45(57)42(48(5,6)7)52-47(60)64-35-20-31-19-32(31)21-35)63-41-24-38(30-10-9-29(4)44(65-27-30)50-28(2)3)51-39-22-34(11-12-37(39)41)62-18-15-54-13-16-61-17-14-54/h11-12,22,24,27-28,31-33,35-36,40,42,50H,8-10,13-21,23,25-26H2,1-7H3,(H,52,60)(H,53,56)(H,58,59)/t31-,32?,33+,35?,36+,40-,42+,49+/m0/s1. The molecular formula is C49H68N6O9S. The van der Waals surface area contributed by atoms with Crippen molar-refractivity contribution >= 4 is 52.1 Å². The monoisotopic (exact) mass is 916 g/mol. The quantitative estimate of drug-likeness (QED) is 0.140. The maximum Gasteiger partial charge on any atom is 0.408 e. The number of carbonyl (C=O) groups excluding carboxylic acids is 3. The van der Waals surface area contributed by atoms with Crippen LogP contribution in [-0.4, -0.2) is 126 Å². The molecule has 354 valence electrons. The third-order valence-electron chi connectivity index (χ3n) is 14.1. The number of pyridine rings is 1. The number of carbonyl (C=O) groups is 4. The van der Waals surface area contributed by atoms with Crippen LogP contribution in [0, 0.1) is 23.2 Å². The molecular weight excluding hydrogens is 849 g/mol. The average molecular weight is 917 g/mol. The number of likely N-dealkylation sites (tertiary alicyclic amines) is 1. The molecule has 4 heterocycles. The minimum atomic E-state index is -1.40. The molecule has 3 amide bonds. The van der Waals surface area contributed by atoms with Crippen LogP contribution in [0.4, 0.5) is 4.79 Å². The second-order valence-corrected chi connectivity index (χ2v) is 21.3. The maximum atomic E-state index is 14.9. The number of aromatic nitrogens is 1. The molecule has 6 aliphatic rings. The highest BCUT2D eigenvalue weighted by molar-refractivity contribution is 8.05. The van der Waals surface area contributed by atoms with Gasteiger partial charge in [-0.1, -0.05) is 45.9 Å². The molecule has 65 heavy (non-hydrogen) atoms. The van der Waals surface area contributed by atoms with E-state index in [1.54, 1.807) is 11.8 Å². The molecule has 0 bridgehead atoms. The Morgan fingerprint density at radius 2 is 1.78 bits per heavy atom. The molecule has 2 unspecified atom stereocenters. The topological polar surface area (TPSA) is 181 Å². The summed E-state index contributed by atoms with van der Waals surface area (Å²) >= 11 is 1.65. The van der Waals surface area contributed by atoms with Crippen LogP contribution in [-0.2, 0) is 23.9 Å². The number of morpholine rings is 1. The molecule has 5 fully saturated rings. The normalized spacial score (nSPS) is 28.2. The van der Waals surface area contributed by atoms with Crippen molar-refractivity contribution in [2.24, 2.45) is 23.2 Å². The fourth-order valence-electron chi connectivity index (χ4n) is 10.0. The molecule has 4 N–H and O–H groups in total. The first-order valence-electron chi connectivity index (χ1n) is 23.7. The van der Waals surface area contributed by atoms with Gasteiger partial charge >= 0.3 is 12.1 Å². The lowest BCUT2D eigenvalue weighted by Crippen LogP contribution is -2.59. The Bertz CT molecular complexity index is 2190. The van der Waals surface area contributed by atoms with Gasteiger partial charge in [0.1, 0.15) is 47.9 Å². The Morgan fingerprint density at radius 3 is 2.46 bits per heavy atom. The van der Waals surface area contributed by atoms with Gasteiger partial charge in [-0.3, -0.25) is 14.5 Å². The van der Waals surface area contributed by atoms with E-state index < -0.39 is 53.0 Å². The van der Waals surface area contributed by atoms with Gasteiger partial charge in [-0.05, 0) is 111 Å². The fraction of sp³-hybridized carbons (Fsp3) is 0.653. The zero-order valence-corrected chi connectivity index (χ0v) is 39.9. The molecule has 16 heteroatoms. The Labute approximate surface area is 387 Å².